The number of anilines is 1. The number of carbonyl (C=O) groups is 2. The minimum atomic E-state index is -0.296. The van der Waals surface area contributed by atoms with E-state index in [1.165, 1.54) is 74.2 Å². The average molecular weight is 674 g/mol. The molecule has 0 radical (unpaired) electrons. The van der Waals surface area contributed by atoms with Gasteiger partial charge in [-0.05, 0) is 50.5 Å². The van der Waals surface area contributed by atoms with E-state index in [1.807, 2.05) is 32.1 Å². The van der Waals surface area contributed by atoms with Gasteiger partial charge in [0.05, 0.1) is 28.8 Å². The molecule has 262 valence electrons. The Morgan fingerprint density at radius 3 is 2.00 bits per heavy atom. The number of nitriles is 1. The van der Waals surface area contributed by atoms with Crippen molar-refractivity contribution in [2.24, 2.45) is 0 Å². The Hall–Kier alpha value is -3.44. The van der Waals surface area contributed by atoms with Gasteiger partial charge in [0.2, 0.25) is 0 Å². The number of hydrazine groups is 1. The van der Waals surface area contributed by atoms with E-state index in [-0.39, 0.29) is 23.8 Å². The van der Waals surface area contributed by atoms with Gasteiger partial charge in [-0.25, -0.2) is 15.0 Å². The van der Waals surface area contributed by atoms with E-state index < -0.39 is 0 Å². The lowest BCUT2D eigenvalue weighted by Gasteiger charge is -2.36. The molecule has 2 heterocycles. The molecule has 2 amide bonds. The van der Waals surface area contributed by atoms with Gasteiger partial charge in [-0.3, -0.25) is 9.59 Å². The predicted molar refractivity (Wildman–Crippen MR) is 201 cm³/mol. The van der Waals surface area contributed by atoms with Crippen molar-refractivity contribution in [1.29, 1.82) is 5.26 Å². The lowest BCUT2D eigenvalue weighted by atomic mass is 9.90. The Bertz CT molecular complexity index is 1440. The fraction of sp³-hybridized carbons (Fsp3) is 0.600. The Morgan fingerprint density at radius 2 is 1.48 bits per heavy atom. The van der Waals surface area contributed by atoms with Crippen LogP contribution in [0.4, 0.5) is 5.13 Å². The summed E-state index contributed by atoms with van der Waals surface area (Å²) in [6.45, 7) is 16.8. The van der Waals surface area contributed by atoms with Gasteiger partial charge in [-0.15, -0.1) is 0 Å². The van der Waals surface area contributed by atoms with Crippen molar-refractivity contribution in [3.8, 4) is 6.07 Å². The van der Waals surface area contributed by atoms with Gasteiger partial charge >= 0.3 is 0 Å². The standard InChI is InChI=1S/C40H59N5O2S/c1-9-11-13-15-17-19-25-44(26-20-18-16-14-12-10-2)39-42-36(40(5,6)7)35(48-39)27-34-31(4)33(28-41)29-45(38(34)47)43(8)37(46)32-23-21-30(3)22-24-32/h21-24,27H,9-20,25-26,29H2,1-8H3/b34-27-. The molecule has 0 spiro atoms. The SMILES string of the molecule is CCCCCCCCN(CCCCCCCC)c1nc(C(C)(C)C)c(/C=C2\C(=O)N(N(C)C(=O)c3ccc(C)cc3)CC(C#N)=C2C)s1. The summed E-state index contributed by atoms with van der Waals surface area (Å²) in [6.07, 6.45) is 16.9. The third-order valence-electron chi connectivity index (χ3n) is 9.18. The highest BCUT2D eigenvalue weighted by molar-refractivity contribution is 7.16. The lowest BCUT2D eigenvalue weighted by Crippen LogP contribution is -2.50. The van der Waals surface area contributed by atoms with Crippen LogP contribution in [0.5, 0.6) is 0 Å². The molecule has 0 fully saturated rings. The number of thiazole rings is 1. The molecule has 0 aliphatic carbocycles. The summed E-state index contributed by atoms with van der Waals surface area (Å²) in [7, 11) is 1.60. The highest BCUT2D eigenvalue weighted by atomic mass is 32.1. The van der Waals surface area contributed by atoms with Gasteiger partial charge in [-0.1, -0.05) is 128 Å². The first-order chi connectivity index (χ1) is 22.9. The highest BCUT2D eigenvalue weighted by Crippen LogP contribution is 2.38. The monoisotopic (exact) mass is 673 g/mol. The van der Waals surface area contributed by atoms with Crippen LogP contribution in [0.15, 0.2) is 41.0 Å². The van der Waals surface area contributed by atoms with Crippen LogP contribution in [0.2, 0.25) is 0 Å². The van der Waals surface area contributed by atoms with Gasteiger partial charge in [0.1, 0.15) is 0 Å². The zero-order valence-electron chi connectivity index (χ0n) is 31.0. The number of aryl methyl sites for hydroxylation is 1. The minimum absolute atomic E-state index is 0.0525. The molecule has 1 aliphatic heterocycles. The predicted octanol–water partition coefficient (Wildman–Crippen LogP) is 10.0. The maximum atomic E-state index is 14.1. The lowest BCUT2D eigenvalue weighted by molar-refractivity contribution is -0.138. The van der Waals surface area contributed by atoms with Crippen molar-refractivity contribution in [2.45, 2.75) is 131 Å². The van der Waals surface area contributed by atoms with Crippen LogP contribution >= 0.6 is 11.3 Å². The molecule has 3 rings (SSSR count). The summed E-state index contributed by atoms with van der Waals surface area (Å²) >= 11 is 1.64. The third kappa shape index (κ3) is 10.8. The van der Waals surface area contributed by atoms with Gasteiger partial charge in [-0.2, -0.15) is 5.26 Å². The molecule has 0 saturated heterocycles. The van der Waals surface area contributed by atoms with Gasteiger partial charge < -0.3 is 4.90 Å². The van der Waals surface area contributed by atoms with E-state index in [1.54, 1.807) is 30.5 Å². The number of carbonyl (C=O) groups excluding carboxylic acids is 2. The number of rotatable bonds is 18. The number of nitrogens with zero attached hydrogens (tertiary/aromatic N) is 5. The summed E-state index contributed by atoms with van der Waals surface area (Å²) in [5.41, 5.74) is 3.80. The first kappa shape index (κ1) is 39.0. The summed E-state index contributed by atoms with van der Waals surface area (Å²) in [5, 5.41) is 13.8. The second-order valence-electron chi connectivity index (χ2n) is 14.3. The van der Waals surface area contributed by atoms with E-state index in [0.29, 0.717) is 22.3 Å². The number of aromatic nitrogens is 1. The second-order valence-corrected chi connectivity index (χ2v) is 15.3. The highest BCUT2D eigenvalue weighted by Gasteiger charge is 2.34. The maximum absolute atomic E-state index is 14.1. The fourth-order valence-electron chi connectivity index (χ4n) is 6.02. The van der Waals surface area contributed by atoms with Crippen LogP contribution in [0.25, 0.3) is 6.08 Å². The van der Waals surface area contributed by atoms with Crippen LogP contribution < -0.4 is 4.90 Å². The van der Waals surface area contributed by atoms with Crippen LogP contribution in [0.1, 0.15) is 145 Å². The van der Waals surface area contributed by atoms with Crippen molar-refractivity contribution in [2.75, 3.05) is 31.6 Å². The summed E-state index contributed by atoms with van der Waals surface area (Å²) in [6, 6.07) is 9.59. The van der Waals surface area contributed by atoms with E-state index in [0.717, 1.165) is 47.2 Å². The van der Waals surface area contributed by atoms with Crippen LogP contribution in [0.3, 0.4) is 0 Å². The summed E-state index contributed by atoms with van der Waals surface area (Å²) in [4.78, 5) is 36.2. The third-order valence-corrected chi connectivity index (χ3v) is 10.2. The van der Waals surface area contributed by atoms with Crippen molar-refractivity contribution in [3.63, 3.8) is 0 Å². The number of benzene rings is 1. The minimum Gasteiger partial charge on any atom is -0.348 e. The second kappa shape index (κ2) is 18.9. The Labute approximate surface area is 294 Å². The first-order valence-electron chi connectivity index (χ1n) is 18.2. The molecule has 0 N–H and O–H groups in total. The van der Waals surface area contributed by atoms with Crippen LogP contribution in [0, 0.1) is 18.3 Å². The van der Waals surface area contributed by atoms with Crippen molar-refractivity contribution >= 4 is 34.4 Å². The van der Waals surface area contributed by atoms with Gasteiger partial charge in [0.15, 0.2) is 5.13 Å². The first-order valence-corrected chi connectivity index (χ1v) is 19.0. The maximum Gasteiger partial charge on any atom is 0.273 e. The summed E-state index contributed by atoms with van der Waals surface area (Å²) in [5.74, 6) is -0.588. The molecule has 1 aromatic carbocycles. The molecule has 1 aromatic heterocycles. The normalized spacial score (nSPS) is 14.5. The molecular formula is C40H59N5O2S. The van der Waals surface area contributed by atoms with Crippen molar-refractivity contribution < 1.29 is 9.59 Å². The molecular weight excluding hydrogens is 615 g/mol. The van der Waals surface area contributed by atoms with Crippen molar-refractivity contribution in [1.82, 2.24) is 15.0 Å². The van der Waals surface area contributed by atoms with Crippen LogP contribution in [-0.4, -0.2) is 53.5 Å². The molecule has 48 heavy (non-hydrogen) atoms. The quantitative estimate of drug-likeness (QED) is 0.116. The van der Waals surface area contributed by atoms with Gasteiger partial charge in [0, 0.05) is 36.7 Å². The molecule has 8 heteroatoms. The molecule has 0 bridgehead atoms. The van der Waals surface area contributed by atoms with E-state index in [9.17, 15) is 14.9 Å². The van der Waals surface area contributed by atoms with Gasteiger partial charge in [0.25, 0.3) is 11.8 Å². The number of amides is 2. The van der Waals surface area contributed by atoms with E-state index in [2.05, 4.69) is 45.6 Å². The molecule has 0 unspecified atom stereocenters. The number of hydrogen-bond donors (Lipinski definition) is 0. The Kier molecular flexibility index (Phi) is 15.4. The Morgan fingerprint density at radius 1 is 0.938 bits per heavy atom. The molecule has 7 nitrogen and oxygen atoms in total. The average Bonchev–Trinajstić information content (AvgIpc) is 3.49. The van der Waals surface area contributed by atoms with E-state index >= 15 is 0 Å². The molecule has 0 atom stereocenters. The zero-order valence-corrected chi connectivity index (χ0v) is 31.8. The molecule has 2 aromatic rings. The van der Waals surface area contributed by atoms with Crippen molar-refractivity contribution in [3.05, 3.63) is 62.7 Å². The molecule has 1 aliphatic rings. The largest absolute Gasteiger partial charge is 0.348 e. The van der Waals surface area contributed by atoms with E-state index in [4.69, 9.17) is 4.98 Å². The Balaban J connectivity index is 1.96. The number of unbranched alkanes of at least 4 members (excludes halogenated alkanes) is 10. The molecule has 0 saturated carbocycles. The zero-order chi connectivity index (χ0) is 35.3. The number of hydrogen-bond acceptors (Lipinski definition) is 6. The fourth-order valence-corrected chi connectivity index (χ4v) is 7.29. The summed E-state index contributed by atoms with van der Waals surface area (Å²) < 4.78 is 0. The smallest absolute Gasteiger partial charge is 0.273 e. The topological polar surface area (TPSA) is 80.5 Å². The van der Waals surface area contributed by atoms with Crippen LogP contribution in [-0.2, 0) is 10.2 Å².